The third-order valence-corrected chi connectivity index (χ3v) is 4.13. The van der Waals surface area contributed by atoms with E-state index in [4.69, 9.17) is 14.2 Å². The summed E-state index contributed by atoms with van der Waals surface area (Å²) in [5.74, 6) is 1.79. The number of carbonyl (C=O) groups is 1. The van der Waals surface area contributed by atoms with Gasteiger partial charge in [0.2, 0.25) is 12.7 Å². The molecule has 0 unspecified atom stereocenters. The SMILES string of the molecule is CCOc1cc(C(=O)NCC(C)(C)c2ccc3c(c2)OCO3)ccn1. The summed E-state index contributed by atoms with van der Waals surface area (Å²) in [6, 6.07) is 9.18. The van der Waals surface area contributed by atoms with Gasteiger partial charge in [-0.05, 0) is 30.7 Å². The van der Waals surface area contributed by atoms with Crippen LogP contribution < -0.4 is 19.5 Å². The number of nitrogens with zero attached hydrogens (tertiary/aromatic N) is 1. The molecule has 1 aliphatic heterocycles. The molecule has 0 atom stereocenters. The second kappa shape index (κ2) is 7.01. The Morgan fingerprint density at radius 2 is 2.04 bits per heavy atom. The summed E-state index contributed by atoms with van der Waals surface area (Å²) in [6.07, 6.45) is 1.57. The number of hydrogen-bond donors (Lipinski definition) is 1. The number of fused-ring (bicyclic) bond motifs is 1. The van der Waals surface area contributed by atoms with Crippen molar-refractivity contribution in [2.45, 2.75) is 26.2 Å². The van der Waals surface area contributed by atoms with Gasteiger partial charge in [0.05, 0.1) is 6.61 Å². The minimum absolute atomic E-state index is 0.155. The van der Waals surface area contributed by atoms with Crippen molar-refractivity contribution in [3.8, 4) is 17.4 Å². The molecule has 1 aromatic carbocycles. The predicted octanol–water partition coefficient (Wildman–Crippen LogP) is 2.92. The Hall–Kier alpha value is -2.76. The van der Waals surface area contributed by atoms with Gasteiger partial charge in [0.15, 0.2) is 11.5 Å². The van der Waals surface area contributed by atoms with Crippen molar-refractivity contribution in [2.24, 2.45) is 0 Å². The van der Waals surface area contributed by atoms with Crippen LogP contribution in [0.3, 0.4) is 0 Å². The summed E-state index contributed by atoms with van der Waals surface area (Å²) in [6.45, 7) is 7.27. The van der Waals surface area contributed by atoms with Crippen LogP contribution in [-0.2, 0) is 5.41 Å². The average Bonchev–Trinajstić information content (AvgIpc) is 3.08. The molecule has 2 heterocycles. The zero-order chi connectivity index (χ0) is 17.9. The first-order valence-corrected chi connectivity index (χ1v) is 8.27. The molecule has 1 N–H and O–H groups in total. The summed E-state index contributed by atoms with van der Waals surface area (Å²) in [4.78, 5) is 16.5. The Morgan fingerprint density at radius 1 is 1.24 bits per heavy atom. The van der Waals surface area contributed by atoms with Crippen molar-refractivity contribution in [3.63, 3.8) is 0 Å². The molecule has 2 aromatic rings. The van der Waals surface area contributed by atoms with E-state index in [9.17, 15) is 4.79 Å². The van der Waals surface area contributed by atoms with Crippen molar-refractivity contribution in [3.05, 3.63) is 47.7 Å². The van der Waals surface area contributed by atoms with Crippen molar-refractivity contribution >= 4 is 5.91 Å². The van der Waals surface area contributed by atoms with Gasteiger partial charge in [-0.2, -0.15) is 0 Å². The summed E-state index contributed by atoms with van der Waals surface area (Å²) in [7, 11) is 0. The van der Waals surface area contributed by atoms with Crippen molar-refractivity contribution < 1.29 is 19.0 Å². The number of ether oxygens (including phenoxy) is 3. The molecule has 0 saturated carbocycles. The van der Waals surface area contributed by atoms with E-state index in [1.807, 2.05) is 25.1 Å². The molecule has 0 fully saturated rings. The zero-order valence-corrected chi connectivity index (χ0v) is 14.7. The zero-order valence-electron chi connectivity index (χ0n) is 14.7. The lowest BCUT2D eigenvalue weighted by Crippen LogP contribution is -2.36. The molecule has 0 bridgehead atoms. The van der Waals surface area contributed by atoms with Crippen LogP contribution in [0.25, 0.3) is 0 Å². The maximum atomic E-state index is 12.4. The van der Waals surface area contributed by atoms with E-state index in [1.54, 1.807) is 18.3 Å². The van der Waals surface area contributed by atoms with Gasteiger partial charge < -0.3 is 19.5 Å². The van der Waals surface area contributed by atoms with Crippen LogP contribution in [0.4, 0.5) is 0 Å². The van der Waals surface area contributed by atoms with Gasteiger partial charge in [-0.25, -0.2) is 4.98 Å². The van der Waals surface area contributed by atoms with Crippen LogP contribution in [-0.4, -0.2) is 30.8 Å². The van der Waals surface area contributed by atoms with Crippen LogP contribution in [0.15, 0.2) is 36.5 Å². The van der Waals surface area contributed by atoms with Crippen molar-refractivity contribution in [2.75, 3.05) is 19.9 Å². The summed E-state index contributed by atoms with van der Waals surface area (Å²) >= 11 is 0. The van der Waals surface area contributed by atoms with Gasteiger partial charge in [-0.3, -0.25) is 4.79 Å². The first-order chi connectivity index (χ1) is 12.0. The van der Waals surface area contributed by atoms with Crippen molar-refractivity contribution in [1.29, 1.82) is 0 Å². The van der Waals surface area contributed by atoms with Gasteiger partial charge in [0.25, 0.3) is 5.91 Å². The number of rotatable bonds is 6. The molecule has 0 radical (unpaired) electrons. The minimum atomic E-state index is -0.258. The number of amides is 1. The van der Waals surface area contributed by atoms with Gasteiger partial charge in [0.1, 0.15) is 0 Å². The Labute approximate surface area is 147 Å². The molecule has 3 rings (SSSR count). The molecule has 132 valence electrons. The number of benzene rings is 1. The number of pyridine rings is 1. The lowest BCUT2D eigenvalue weighted by atomic mass is 9.84. The summed E-state index contributed by atoms with van der Waals surface area (Å²) < 4.78 is 16.1. The molecular weight excluding hydrogens is 320 g/mol. The standard InChI is InChI=1S/C19H22N2O4/c1-4-23-17-9-13(7-8-20-17)18(22)21-11-19(2,3)14-5-6-15-16(10-14)25-12-24-15/h5-10H,4,11-12H2,1-3H3,(H,21,22). The molecule has 0 aliphatic carbocycles. The number of carbonyl (C=O) groups excluding carboxylic acids is 1. The smallest absolute Gasteiger partial charge is 0.251 e. The number of nitrogens with one attached hydrogen (secondary N) is 1. The lowest BCUT2D eigenvalue weighted by Gasteiger charge is -2.26. The Morgan fingerprint density at radius 3 is 2.84 bits per heavy atom. The molecule has 6 nitrogen and oxygen atoms in total. The van der Waals surface area contributed by atoms with E-state index < -0.39 is 0 Å². The highest BCUT2D eigenvalue weighted by atomic mass is 16.7. The lowest BCUT2D eigenvalue weighted by molar-refractivity contribution is 0.0945. The third kappa shape index (κ3) is 3.84. The normalized spacial score (nSPS) is 12.8. The predicted molar refractivity (Wildman–Crippen MR) is 93.3 cm³/mol. The Bertz CT molecular complexity index is 774. The molecule has 0 saturated heterocycles. The van der Waals surface area contributed by atoms with Gasteiger partial charge in [-0.15, -0.1) is 0 Å². The molecule has 0 spiro atoms. The highest BCUT2D eigenvalue weighted by Crippen LogP contribution is 2.36. The van der Waals surface area contributed by atoms with Crippen LogP contribution in [0.5, 0.6) is 17.4 Å². The molecule has 1 aliphatic rings. The van der Waals surface area contributed by atoms with E-state index in [0.29, 0.717) is 24.6 Å². The third-order valence-electron chi connectivity index (χ3n) is 4.13. The van der Waals surface area contributed by atoms with Crippen LogP contribution in [0.2, 0.25) is 0 Å². The molecule has 1 aromatic heterocycles. The van der Waals surface area contributed by atoms with Gasteiger partial charge in [-0.1, -0.05) is 19.9 Å². The van der Waals surface area contributed by atoms with Crippen LogP contribution in [0, 0.1) is 0 Å². The topological polar surface area (TPSA) is 69.7 Å². The highest BCUT2D eigenvalue weighted by Gasteiger charge is 2.25. The highest BCUT2D eigenvalue weighted by molar-refractivity contribution is 5.94. The molecule has 25 heavy (non-hydrogen) atoms. The monoisotopic (exact) mass is 342 g/mol. The molecule has 6 heteroatoms. The fourth-order valence-corrected chi connectivity index (χ4v) is 2.60. The van der Waals surface area contributed by atoms with Crippen molar-refractivity contribution in [1.82, 2.24) is 10.3 Å². The number of hydrogen-bond acceptors (Lipinski definition) is 5. The van der Waals surface area contributed by atoms with E-state index in [0.717, 1.165) is 17.1 Å². The van der Waals surface area contributed by atoms with Crippen LogP contribution >= 0.6 is 0 Å². The Balaban J connectivity index is 1.67. The fourth-order valence-electron chi connectivity index (χ4n) is 2.60. The summed E-state index contributed by atoms with van der Waals surface area (Å²) in [5, 5.41) is 2.98. The van der Waals surface area contributed by atoms with Gasteiger partial charge in [0, 0.05) is 29.8 Å². The largest absolute Gasteiger partial charge is 0.478 e. The van der Waals surface area contributed by atoms with Gasteiger partial charge >= 0.3 is 0 Å². The van der Waals surface area contributed by atoms with E-state index in [-0.39, 0.29) is 18.1 Å². The second-order valence-electron chi connectivity index (χ2n) is 6.45. The maximum Gasteiger partial charge on any atom is 0.251 e. The average molecular weight is 342 g/mol. The quantitative estimate of drug-likeness (QED) is 0.874. The number of aromatic nitrogens is 1. The van der Waals surface area contributed by atoms with E-state index >= 15 is 0 Å². The first kappa shape index (κ1) is 17.1. The fraction of sp³-hybridized carbons (Fsp3) is 0.368. The maximum absolute atomic E-state index is 12.4. The minimum Gasteiger partial charge on any atom is -0.478 e. The van der Waals surface area contributed by atoms with E-state index in [2.05, 4.69) is 24.1 Å². The molecule has 1 amide bonds. The summed E-state index contributed by atoms with van der Waals surface area (Å²) in [5.41, 5.74) is 1.34. The van der Waals surface area contributed by atoms with Crippen LogP contribution in [0.1, 0.15) is 36.7 Å². The Kier molecular flexibility index (Phi) is 4.79. The molecular formula is C19H22N2O4. The first-order valence-electron chi connectivity index (χ1n) is 8.27. The van der Waals surface area contributed by atoms with E-state index in [1.165, 1.54) is 0 Å². The second-order valence-corrected chi connectivity index (χ2v) is 6.45.